The van der Waals surface area contributed by atoms with E-state index < -0.39 is 12.1 Å². The standard InChI is InChI=1S/C33H46FN3O3/c1-3-5-7-8-9-10-11-12-26-22-36-32(37-23-26)27-16-19-31(28(20-27)21-35)39-24-25-14-17-29(18-15-25)40-33(38)30(34)13-6-4-2/h16,19-20,22-23,25,29-30H,3-15,17-18,24H2,1-2H3/t25-,29-,30-/m0/s1. The van der Waals surface area contributed by atoms with Gasteiger partial charge in [0, 0.05) is 18.0 Å². The van der Waals surface area contributed by atoms with E-state index in [0.717, 1.165) is 43.2 Å². The molecule has 0 spiro atoms. The van der Waals surface area contributed by atoms with Crippen molar-refractivity contribution in [2.75, 3.05) is 6.61 Å². The van der Waals surface area contributed by atoms with Crippen LogP contribution in [0.25, 0.3) is 11.4 Å². The van der Waals surface area contributed by atoms with Crippen LogP contribution < -0.4 is 4.74 Å². The Hall–Kier alpha value is -3.01. The van der Waals surface area contributed by atoms with E-state index in [1.165, 1.54) is 38.5 Å². The van der Waals surface area contributed by atoms with E-state index in [1.54, 1.807) is 6.07 Å². The lowest BCUT2D eigenvalue weighted by atomic mass is 9.88. The van der Waals surface area contributed by atoms with Crippen molar-refractivity contribution in [1.29, 1.82) is 5.26 Å². The molecule has 0 amide bonds. The van der Waals surface area contributed by atoms with E-state index in [4.69, 9.17) is 9.47 Å². The van der Waals surface area contributed by atoms with Crippen molar-refractivity contribution in [2.45, 2.75) is 122 Å². The largest absolute Gasteiger partial charge is 0.492 e. The van der Waals surface area contributed by atoms with Crippen LogP contribution in [0.15, 0.2) is 30.6 Å². The first-order valence-electron chi connectivity index (χ1n) is 15.4. The highest BCUT2D eigenvalue weighted by atomic mass is 19.1. The number of unbranched alkanes of at least 4 members (excludes halogenated alkanes) is 7. The molecular formula is C33H46FN3O3. The minimum absolute atomic E-state index is 0.223. The molecule has 0 unspecified atom stereocenters. The molecular weight excluding hydrogens is 505 g/mol. The van der Waals surface area contributed by atoms with Crippen LogP contribution in [0, 0.1) is 17.2 Å². The second-order valence-electron chi connectivity index (χ2n) is 11.1. The highest BCUT2D eigenvalue weighted by Gasteiger charge is 2.27. The monoisotopic (exact) mass is 551 g/mol. The number of esters is 1. The van der Waals surface area contributed by atoms with E-state index in [2.05, 4.69) is 23.0 Å². The first kappa shape index (κ1) is 31.5. The third-order valence-corrected chi connectivity index (χ3v) is 7.75. The number of nitriles is 1. The number of hydrogen-bond acceptors (Lipinski definition) is 6. The fourth-order valence-electron chi connectivity index (χ4n) is 5.16. The number of carbonyl (C=O) groups excluding carboxylic acids is 1. The Morgan fingerprint density at radius 2 is 1.68 bits per heavy atom. The molecule has 3 rings (SSSR count). The number of carbonyl (C=O) groups is 1. The van der Waals surface area contributed by atoms with Crippen molar-refractivity contribution in [2.24, 2.45) is 5.92 Å². The lowest BCUT2D eigenvalue weighted by Crippen LogP contribution is -2.30. The summed E-state index contributed by atoms with van der Waals surface area (Å²) in [6, 6.07) is 7.73. The summed E-state index contributed by atoms with van der Waals surface area (Å²) in [5, 5.41) is 9.73. The van der Waals surface area contributed by atoms with Gasteiger partial charge in [-0.3, -0.25) is 0 Å². The number of alkyl halides is 1. The van der Waals surface area contributed by atoms with Crippen LogP contribution in [0.5, 0.6) is 5.75 Å². The van der Waals surface area contributed by atoms with E-state index in [-0.39, 0.29) is 12.5 Å². The van der Waals surface area contributed by atoms with Gasteiger partial charge in [0.2, 0.25) is 0 Å². The molecule has 0 N–H and O–H groups in total. The van der Waals surface area contributed by atoms with Crippen molar-refractivity contribution < 1.29 is 18.7 Å². The summed E-state index contributed by atoms with van der Waals surface area (Å²) in [6.07, 6.45) is 16.8. The molecule has 0 radical (unpaired) electrons. The lowest BCUT2D eigenvalue weighted by molar-refractivity contribution is -0.157. The van der Waals surface area contributed by atoms with Gasteiger partial charge in [-0.25, -0.2) is 19.2 Å². The van der Waals surface area contributed by atoms with Gasteiger partial charge >= 0.3 is 5.97 Å². The summed E-state index contributed by atoms with van der Waals surface area (Å²) < 4.78 is 25.3. The molecule has 1 aromatic heterocycles. The molecule has 1 heterocycles. The summed E-state index contributed by atoms with van der Waals surface area (Å²) in [7, 11) is 0. The zero-order valence-electron chi connectivity index (χ0n) is 24.4. The molecule has 6 nitrogen and oxygen atoms in total. The predicted molar refractivity (Wildman–Crippen MR) is 156 cm³/mol. The maximum Gasteiger partial charge on any atom is 0.340 e. The van der Waals surface area contributed by atoms with Gasteiger partial charge in [-0.1, -0.05) is 65.2 Å². The third-order valence-electron chi connectivity index (χ3n) is 7.75. The van der Waals surface area contributed by atoms with Crippen molar-refractivity contribution in [1.82, 2.24) is 9.97 Å². The highest BCUT2D eigenvalue weighted by molar-refractivity contribution is 5.74. The molecule has 2 aromatic rings. The minimum Gasteiger partial charge on any atom is -0.492 e. The zero-order valence-corrected chi connectivity index (χ0v) is 24.4. The van der Waals surface area contributed by atoms with E-state index >= 15 is 0 Å². The molecule has 0 bridgehead atoms. The number of aryl methyl sites for hydroxylation is 1. The van der Waals surface area contributed by atoms with E-state index in [9.17, 15) is 14.4 Å². The fourth-order valence-corrected chi connectivity index (χ4v) is 5.16. The number of hydrogen-bond donors (Lipinski definition) is 0. The molecule has 1 aromatic carbocycles. The molecule has 1 fully saturated rings. The molecule has 1 aliphatic rings. The Morgan fingerprint density at radius 1 is 1.00 bits per heavy atom. The zero-order chi connectivity index (χ0) is 28.6. The Balaban J connectivity index is 1.43. The normalized spacial score (nSPS) is 17.6. The summed E-state index contributed by atoms with van der Waals surface area (Å²) in [5.74, 6) is 0.726. The molecule has 1 atom stereocenters. The van der Waals surface area contributed by atoms with Crippen LogP contribution in [-0.4, -0.2) is 34.8 Å². The maximum absolute atomic E-state index is 13.9. The molecule has 218 valence electrons. The number of halogens is 1. The van der Waals surface area contributed by atoms with E-state index in [0.29, 0.717) is 48.9 Å². The van der Waals surface area contributed by atoms with Crippen molar-refractivity contribution in [3.8, 4) is 23.2 Å². The van der Waals surface area contributed by atoms with Gasteiger partial charge in [0.25, 0.3) is 0 Å². The van der Waals surface area contributed by atoms with Gasteiger partial charge < -0.3 is 9.47 Å². The first-order valence-corrected chi connectivity index (χ1v) is 15.4. The second kappa shape index (κ2) is 17.6. The van der Waals surface area contributed by atoms with Gasteiger partial charge in [-0.05, 0) is 74.6 Å². The highest BCUT2D eigenvalue weighted by Crippen LogP contribution is 2.30. The number of benzene rings is 1. The minimum atomic E-state index is -1.52. The van der Waals surface area contributed by atoms with Gasteiger partial charge in [-0.2, -0.15) is 5.26 Å². The number of nitrogens with zero attached hydrogens (tertiary/aromatic N) is 3. The van der Waals surface area contributed by atoms with Crippen LogP contribution in [0.4, 0.5) is 4.39 Å². The van der Waals surface area contributed by atoms with Crippen LogP contribution in [0.3, 0.4) is 0 Å². The SMILES string of the molecule is CCCCCCCCCc1cnc(-c2ccc(OC[C@H]3CC[C@H](OC(=O)[C@@H](F)CCCC)CC3)c(C#N)c2)nc1. The van der Waals surface area contributed by atoms with E-state index in [1.807, 2.05) is 31.5 Å². The summed E-state index contributed by atoms with van der Waals surface area (Å²) >= 11 is 0. The Kier molecular flexibility index (Phi) is 13.9. The number of aromatic nitrogens is 2. The van der Waals surface area contributed by atoms with Crippen LogP contribution in [-0.2, 0) is 16.0 Å². The van der Waals surface area contributed by atoms with Gasteiger partial charge in [0.05, 0.1) is 12.2 Å². The smallest absolute Gasteiger partial charge is 0.340 e. The molecule has 1 saturated carbocycles. The molecule has 1 aliphatic carbocycles. The van der Waals surface area contributed by atoms with Crippen molar-refractivity contribution in [3.05, 3.63) is 41.7 Å². The van der Waals surface area contributed by atoms with Gasteiger partial charge in [0.15, 0.2) is 12.0 Å². The van der Waals surface area contributed by atoms with Crippen molar-refractivity contribution >= 4 is 5.97 Å². The predicted octanol–water partition coefficient (Wildman–Crippen LogP) is 8.32. The average Bonchev–Trinajstić information content (AvgIpc) is 2.99. The van der Waals surface area contributed by atoms with Crippen LogP contribution in [0.2, 0.25) is 0 Å². The summed E-state index contributed by atoms with van der Waals surface area (Å²) in [4.78, 5) is 21.0. The fraction of sp³-hybridized carbons (Fsp3) is 0.636. The Morgan fingerprint density at radius 3 is 2.35 bits per heavy atom. The topological polar surface area (TPSA) is 85.1 Å². The molecule has 40 heavy (non-hydrogen) atoms. The first-order chi connectivity index (χ1) is 19.5. The Bertz CT molecular complexity index is 1060. The summed E-state index contributed by atoms with van der Waals surface area (Å²) in [6.45, 7) is 4.70. The second-order valence-corrected chi connectivity index (χ2v) is 11.1. The quantitative estimate of drug-likeness (QED) is 0.145. The van der Waals surface area contributed by atoms with Crippen molar-refractivity contribution in [3.63, 3.8) is 0 Å². The maximum atomic E-state index is 13.9. The summed E-state index contributed by atoms with van der Waals surface area (Å²) in [5.41, 5.74) is 2.39. The van der Waals surface area contributed by atoms with Gasteiger partial charge in [-0.15, -0.1) is 0 Å². The lowest BCUT2D eigenvalue weighted by Gasteiger charge is -2.28. The molecule has 0 saturated heterocycles. The molecule has 7 heteroatoms. The third kappa shape index (κ3) is 10.5. The van der Waals surface area contributed by atoms with Gasteiger partial charge in [0.1, 0.15) is 17.9 Å². The Labute approximate surface area is 239 Å². The molecule has 0 aliphatic heterocycles. The average molecular weight is 552 g/mol. The number of ether oxygens (including phenoxy) is 2. The van der Waals surface area contributed by atoms with Crippen LogP contribution in [0.1, 0.15) is 115 Å². The van der Waals surface area contributed by atoms with Crippen LogP contribution >= 0.6 is 0 Å². The number of rotatable bonds is 17.